The zero-order chi connectivity index (χ0) is 21.0. The highest BCUT2D eigenvalue weighted by Crippen LogP contribution is 2.31. The predicted octanol–water partition coefficient (Wildman–Crippen LogP) is 2.34. The van der Waals surface area contributed by atoms with Gasteiger partial charge in [-0.15, -0.1) is 0 Å². The number of ether oxygens (including phenoxy) is 2. The number of benzene rings is 3. The van der Waals surface area contributed by atoms with Gasteiger partial charge >= 0.3 is 0 Å². The van der Waals surface area contributed by atoms with Crippen molar-refractivity contribution < 1.29 is 19.2 Å². The molecule has 158 valence electrons. The van der Waals surface area contributed by atoms with Gasteiger partial charge < -0.3 is 19.3 Å². The summed E-state index contributed by atoms with van der Waals surface area (Å²) in [7, 11) is 0. The molecular weight excluding hydrogens is 388 g/mol. The van der Waals surface area contributed by atoms with Gasteiger partial charge in [-0.2, -0.15) is 0 Å². The summed E-state index contributed by atoms with van der Waals surface area (Å²) in [6, 6.07) is 29.1. The average Bonchev–Trinajstić information content (AvgIpc) is 2.85. The van der Waals surface area contributed by atoms with Crippen LogP contribution in [0.4, 0.5) is 0 Å². The maximum Gasteiger partial charge on any atom is 0.267 e. The molecule has 3 aromatic rings. The molecule has 1 atom stereocenters. The summed E-state index contributed by atoms with van der Waals surface area (Å²) in [6.07, 6.45) is -0.574. The van der Waals surface area contributed by atoms with Crippen LogP contribution in [0.25, 0.3) is 0 Å². The SMILES string of the molecule is O=C(C1COc2ccccc2O1)N1CC[NH+](C(c2ccccc2)c2ccccc2)CC1. The third-order valence-corrected chi connectivity index (χ3v) is 6.18. The van der Waals surface area contributed by atoms with Gasteiger partial charge in [0.15, 0.2) is 11.5 Å². The highest BCUT2D eigenvalue weighted by molar-refractivity contribution is 5.82. The van der Waals surface area contributed by atoms with Crippen molar-refractivity contribution in [2.24, 2.45) is 0 Å². The highest BCUT2D eigenvalue weighted by atomic mass is 16.6. The monoisotopic (exact) mass is 415 g/mol. The molecule has 1 unspecified atom stereocenters. The fraction of sp³-hybridized carbons (Fsp3) is 0.269. The first kappa shape index (κ1) is 19.6. The number of para-hydroxylation sites is 2. The number of fused-ring (bicyclic) bond motifs is 1. The molecule has 3 aromatic carbocycles. The van der Waals surface area contributed by atoms with Gasteiger partial charge in [-0.05, 0) is 12.1 Å². The Kier molecular flexibility index (Phi) is 5.59. The Morgan fingerprint density at radius 1 is 0.806 bits per heavy atom. The molecule has 0 aliphatic carbocycles. The zero-order valence-corrected chi connectivity index (χ0v) is 17.4. The number of carbonyl (C=O) groups is 1. The quantitative estimate of drug-likeness (QED) is 0.711. The average molecular weight is 416 g/mol. The van der Waals surface area contributed by atoms with E-state index >= 15 is 0 Å². The van der Waals surface area contributed by atoms with E-state index in [1.54, 1.807) is 0 Å². The molecule has 1 amide bonds. The molecule has 2 aliphatic rings. The summed E-state index contributed by atoms with van der Waals surface area (Å²) in [5.74, 6) is 1.36. The summed E-state index contributed by atoms with van der Waals surface area (Å²) in [4.78, 5) is 16.5. The molecule has 5 rings (SSSR count). The number of nitrogens with zero attached hydrogens (tertiary/aromatic N) is 1. The Bertz CT molecular complexity index is 978. The molecule has 0 bridgehead atoms. The molecule has 31 heavy (non-hydrogen) atoms. The molecule has 2 heterocycles. The highest BCUT2D eigenvalue weighted by Gasteiger charge is 2.36. The van der Waals surface area contributed by atoms with Crippen LogP contribution < -0.4 is 14.4 Å². The number of carbonyl (C=O) groups excluding carboxylic acids is 1. The van der Waals surface area contributed by atoms with Crippen molar-refractivity contribution in [3.8, 4) is 11.5 Å². The minimum atomic E-state index is -0.574. The second-order valence-electron chi connectivity index (χ2n) is 8.10. The summed E-state index contributed by atoms with van der Waals surface area (Å²) >= 11 is 0. The maximum absolute atomic E-state index is 13.1. The van der Waals surface area contributed by atoms with Crippen LogP contribution in [-0.2, 0) is 4.79 Å². The van der Waals surface area contributed by atoms with Gasteiger partial charge in [0, 0.05) is 11.1 Å². The van der Waals surface area contributed by atoms with Gasteiger partial charge in [0.25, 0.3) is 5.91 Å². The van der Waals surface area contributed by atoms with E-state index in [1.165, 1.54) is 16.0 Å². The van der Waals surface area contributed by atoms with E-state index in [0.29, 0.717) is 24.6 Å². The second kappa shape index (κ2) is 8.82. The van der Waals surface area contributed by atoms with Gasteiger partial charge in [0.05, 0.1) is 26.2 Å². The molecule has 0 aromatic heterocycles. The van der Waals surface area contributed by atoms with Crippen molar-refractivity contribution in [1.29, 1.82) is 0 Å². The second-order valence-corrected chi connectivity index (χ2v) is 8.10. The molecule has 1 saturated heterocycles. The van der Waals surface area contributed by atoms with Crippen molar-refractivity contribution in [3.63, 3.8) is 0 Å². The fourth-order valence-corrected chi connectivity index (χ4v) is 4.60. The van der Waals surface area contributed by atoms with Crippen molar-refractivity contribution in [1.82, 2.24) is 4.90 Å². The molecular formula is C26H27N2O3+. The number of quaternary nitrogens is 1. The van der Waals surface area contributed by atoms with E-state index < -0.39 is 6.10 Å². The largest absolute Gasteiger partial charge is 0.485 e. The van der Waals surface area contributed by atoms with Gasteiger partial charge in [-0.1, -0.05) is 72.8 Å². The number of piperazine rings is 1. The van der Waals surface area contributed by atoms with E-state index in [0.717, 1.165) is 13.1 Å². The predicted molar refractivity (Wildman–Crippen MR) is 118 cm³/mol. The standard InChI is InChI=1S/C26H26N2O3/c29-26(24-19-30-22-13-7-8-14-23(22)31-24)28-17-15-27(16-18-28)25(20-9-3-1-4-10-20)21-11-5-2-6-12-21/h1-14,24-25H,15-19H2/p+1. The van der Waals surface area contributed by atoms with E-state index in [4.69, 9.17) is 9.47 Å². The topological polar surface area (TPSA) is 43.2 Å². The van der Waals surface area contributed by atoms with E-state index in [2.05, 4.69) is 60.7 Å². The lowest BCUT2D eigenvalue weighted by Crippen LogP contribution is -3.15. The third-order valence-electron chi connectivity index (χ3n) is 6.18. The number of nitrogens with one attached hydrogen (secondary N) is 1. The van der Waals surface area contributed by atoms with Crippen molar-refractivity contribution in [3.05, 3.63) is 96.1 Å². The minimum absolute atomic E-state index is 0.0181. The Balaban J connectivity index is 1.27. The molecule has 5 nitrogen and oxygen atoms in total. The lowest BCUT2D eigenvalue weighted by Gasteiger charge is -2.38. The van der Waals surface area contributed by atoms with Gasteiger partial charge in [0.1, 0.15) is 12.6 Å². The van der Waals surface area contributed by atoms with Crippen LogP contribution in [0.15, 0.2) is 84.9 Å². The molecule has 0 radical (unpaired) electrons. The Morgan fingerprint density at radius 2 is 1.35 bits per heavy atom. The van der Waals surface area contributed by atoms with Gasteiger partial charge in [0.2, 0.25) is 6.10 Å². The van der Waals surface area contributed by atoms with E-state index in [9.17, 15) is 4.79 Å². The Labute approximate surface area is 182 Å². The number of amides is 1. The van der Waals surface area contributed by atoms with Crippen LogP contribution in [-0.4, -0.2) is 49.7 Å². The van der Waals surface area contributed by atoms with Gasteiger partial charge in [-0.25, -0.2) is 0 Å². The van der Waals surface area contributed by atoms with Crippen molar-refractivity contribution in [2.75, 3.05) is 32.8 Å². The Hall–Kier alpha value is -3.31. The molecule has 5 heteroatoms. The molecule has 1 N–H and O–H groups in total. The molecule has 1 fully saturated rings. The lowest BCUT2D eigenvalue weighted by molar-refractivity contribution is -0.929. The van der Waals surface area contributed by atoms with Crippen LogP contribution in [0, 0.1) is 0 Å². The van der Waals surface area contributed by atoms with Gasteiger partial charge in [-0.3, -0.25) is 4.79 Å². The molecule has 0 saturated carbocycles. The smallest absolute Gasteiger partial charge is 0.267 e. The first-order valence-corrected chi connectivity index (χ1v) is 10.9. The summed E-state index contributed by atoms with van der Waals surface area (Å²) < 4.78 is 11.7. The first-order valence-electron chi connectivity index (χ1n) is 10.9. The number of rotatable bonds is 4. The van der Waals surface area contributed by atoms with Crippen LogP contribution in [0.1, 0.15) is 17.2 Å². The van der Waals surface area contributed by atoms with E-state index in [1.807, 2.05) is 29.2 Å². The summed E-state index contributed by atoms with van der Waals surface area (Å²) in [5.41, 5.74) is 2.62. The summed E-state index contributed by atoms with van der Waals surface area (Å²) in [5, 5.41) is 0. The first-order chi connectivity index (χ1) is 15.3. The van der Waals surface area contributed by atoms with Crippen LogP contribution in [0.5, 0.6) is 11.5 Å². The maximum atomic E-state index is 13.1. The normalized spacial score (nSPS) is 18.7. The minimum Gasteiger partial charge on any atom is -0.485 e. The van der Waals surface area contributed by atoms with Crippen molar-refractivity contribution >= 4 is 5.91 Å². The lowest BCUT2D eigenvalue weighted by atomic mass is 9.96. The Morgan fingerprint density at radius 3 is 1.97 bits per heavy atom. The fourth-order valence-electron chi connectivity index (χ4n) is 4.60. The third kappa shape index (κ3) is 4.14. The van der Waals surface area contributed by atoms with Crippen LogP contribution in [0.3, 0.4) is 0 Å². The zero-order valence-electron chi connectivity index (χ0n) is 17.4. The number of hydrogen-bond acceptors (Lipinski definition) is 3. The molecule has 2 aliphatic heterocycles. The van der Waals surface area contributed by atoms with E-state index in [-0.39, 0.29) is 18.6 Å². The van der Waals surface area contributed by atoms with Crippen LogP contribution in [0.2, 0.25) is 0 Å². The molecule has 0 spiro atoms. The van der Waals surface area contributed by atoms with Crippen molar-refractivity contribution in [2.45, 2.75) is 12.1 Å². The number of hydrogen-bond donors (Lipinski definition) is 1. The van der Waals surface area contributed by atoms with Crippen LogP contribution >= 0.6 is 0 Å². The summed E-state index contributed by atoms with van der Waals surface area (Å²) in [6.45, 7) is 3.48.